The van der Waals surface area contributed by atoms with Gasteiger partial charge in [-0.2, -0.15) is 4.99 Å². The van der Waals surface area contributed by atoms with Crippen molar-refractivity contribution in [2.75, 3.05) is 6.54 Å². The van der Waals surface area contributed by atoms with E-state index in [2.05, 4.69) is 16.6 Å². The number of thiazole rings is 1. The first-order valence-corrected chi connectivity index (χ1v) is 9.29. The number of thioether (sulfide) groups is 1. The Bertz CT molecular complexity index is 847. The van der Waals surface area contributed by atoms with Crippen LogP contribution in [-0.2, 0) is 4.79 Å². The Morgan fingerprint density at radius 3 is 2.88 bits per heavy atom. The van der Waals surface area contributed by atoms with Gasteiger partial charge in [0.15, 0.2) is 5.17 Å². The molecule has 1 saturated heterocycles. The van der Waals surface area contributed by atoms with Gasteiger partial charge in [-0.25, -0.2) is 4.98 Å². The molecule has 0 spiro atoms. The molecule has 1 amide bonds. The van der Waals surface area contributed by atoms with Crippen LogP contribution in [0.1, 0.15) is 5.56 Å². The lowest BCUT2D eigenvalue weighted by Gasteiger charge is -2.11. The van der Waals surface area contributed by atoms with Crippen molar-refractivity contribution in [2.45, 2.75) is 0 Å². The Hall–Kier alpha value is -1.60. The number of nitrogens with zero attached hydrogens (tertiary/aromatic N) is 3. The monoisotopic (exact) mass is 395 g/mol. The maximum atomic E-state index is 12.6. The fourth-order valence-electron chi connectivity index (χ4n) is 1.99. The first kappa shape index (κ1) is 17.2. The molecule has 0 aliphatic carbocycles. The lowest BCUT2D eigenvalue weighted by Crippen LogP contribution is -2.29. The van der Waals surface area contributed by atoms with E-state index in [9.17, 15) is 4.79 Å². The van der Waals surface area contributed by atoms with Gasteiger partial charge in [0.05, 0.1) is 4.91 Å². The first-order chi connectivity index (χ1) is 11.6. The van der Waals surface area contributed by atoms with Crippen LogP contribution in [-0.4, -0.2) is 27.5 Å². The molecule has 122 valence electrons. The molecule has 1 aliphatic rings. The molecule has 1 fully saturated rings. The zero-order valence-electron chi connectivity index (χ0n) is 12.3. The molecule has 3 rings (SSSR count). The SMILES string of the molecule is C=CCN1C(=O)/C(=C/c2ccc(Cl)cc2Cl)S/C1=N/c1nccs1. The Labute approximate surface area is 157 Å². The van der Waals surface area contributed by atoms with Gasteiger partial charge in [-0.15, -0.1) is 17.9 Å². The number of aliphatic imine (C=N–C) groups is 1. The summed E-state index contributed by atoms with van der Waals surface area (Å²) in [6.07, 6.45) is 5.08. The summed E-state index contributed by atoms with van der Waals surface area (Å²) in [4.78, 5) is 23.3. The zero-order valence-corrected chi connectivity index (χ0v) is 15.4. The van der Waals surface area contributed by atoms with Crippen LogP contribution in [0.3, 0.4) is 0 Å². The molecule has 0 N–H and O–H groups in total. The van der Waals surface area contributed by atoms with Gasteiger partial charge in [-0.3, -0.25) is 9.69 Å². The average Bonchev–Trinajstić information content (AvgIpc) is 3.14. The Kier molecular flexibility index (Phi) is 5.40. The van der Waals surface area contributed by atoms with Gasteiger partial charge in [0.25, 0.3) is 5.91 Å². The molecule has 0 atom stereocenters. The minimum atomic E-state index is -0.138. The molecule has 1 aromatic carbocycles. The lowest BCUT2D eigenvalue weighted by atomic mass is 10.2. The summed E-state index contributed by atoms with van der Waals surface area (Å²) in [5.41, 5.74) is 0.728. The fourth-order valence-corrected chi connectivity index (χ4v) is 4.00. The number of hydrogen-bond acceptors (Lipinski definition) is 5. The standard InChI is InChI=1S/C16H11Cl2N3OS2/c1-2-6-21-14(22)13(8-10-3-4-11(17)9-12(10)18)24-16(21)20-15-19-5-7-23-15/h2-5,7-9H,1,6H2/b13-8-,20-16+. The molecule has 0 unspecified atom stereocenters. The highest BCUT2D eigenvalue weighted by molar-refractivity contribution is 8.18. The molecular weight excluding hydrogens is 385 g/mol. The van der Waals surface area contributed by atoms with Gasteiger partial charge < -0.3 is 0 Å². The van der Waals surface area contributed by atoms with Crippen molar-refractivity contribution in [3.05, 3.63) is 62.9 Å². The summed E-state index contributed by atoms with van der Waals surface area (Å²) in [6.45, 7) is 4.07. The van der Waals surface area contributed by atoms with Gasteiger partial charge >= 0.3 is 0 Å². The second-order valence-electron chi connectivity index (χ2n) is 4.69. The summed E-state index contributed by atoms with van der Waals surface area (Å²) < 4.78 is 0. The van der Waals surface area contributed by atoms with E-state index in [4.69, 9.17) is 23.2 Å². The van der Waals surface area contributed by atoms with Gasteiger partial charge in [0, 0.05) is 28.2 Å². The Morgan fingerprint density at radius 2 is 2.21 bits per heavy atom. The van der Waals surface area contributed by atoms with Crippen LogP contribution in [0.5, 0.6) is 0 Å². The topological polar surface area (TPSA) is 45.6 Å². The largest absolute Gasteiger partial charge is 0.282 e. The highest BCUT2D eigenvalue weighted by Gasteiger charge is 2.32. The number of halogens is 2. The second-order valence-corrected chi connectivity index (χ2v) is 7.42. The van der Waals surface area contributed by atoms with Crippen molar-refractivity contribution in [3.8, 4) is 0 Å². The summed E-state index contributed by atoms with van der Waals surface area (Å²) in [5.74, 6) is -0.138. The Balaban J connectivity index is 1.96. The van der Waals surface area contributed by atoms with E-state index in [1.54, 1.807) is 41.4 Å². The van der Waals surface area contributed by atoms with Crippen LogP contribution in [0.25, 0.3) is 6.08 Å². The van der Waals surface area contributed by atoms with Gasteiger partial charge in [0.1, 0.15) is 0 Å². The molecule has 4 nitrogen and oxygen atoms in total. The van der Waals surface area contributed by atoms with Crippen LogP contribution in [0.15, 0.2) is 52.3 Å². The fraction of sp³-hybridized carbons (Fsp3) is 0.0625. The van der Waals surface area contributed by atoms with Crippen molar-refractivity contribution in [3.63, 3.8) is 0 Å². The van der Waals surface area contributed by atoms with Gasteiger partial charge in [-0.05, 0) is 35.5 Å². The van der Waals surface area contributed by atoms with Crippen LogP contribution < -0.4 is 0 Å². The normalized spacial score (nSPS) is 17.9. The highest BCUT2D eigenvalue weighted by atomic mass is 35.5. The number of benzene rings is 1. The van der Waals surface area contributed by atoms with Gasteiger partial charge in [0.2, 0.25) is 5.13 Å². The average molecular weight is 396 g/mol. The summed E-state index contributed by atoms with van der Waals surface area (Å²) in [7, 11) is 0. The smallest absolute Gasteiger partial charge is 0.267 e. The number of aromatic nitrogens is 1. The van der Waals surface area contributed by atoms with Crippen LogP contribution in [0, 0.1) is 0 Å². The summed E-state index contributed by atoms with van der Waals surface area (Å²) >= 11 is 14.8. The predicted octanol–water partition coefficient (Wildman–Crippen LogP) is 5.24. The van der Waals surface area contributed by atoms with Crippen molar-refractivity contribution < 1.29 is 4.79 Å². The number of amidine groups is 1. The predicted molar refractivity (Wildman–Crippen MR) is 103 cm³/mol. The third-order valence-corrected chi connectivity index (χ3v) is 5.29. The second kappa shape index (κ2) is 7.53. The van der Waals surface area contributed by atoms with Crippen molar-refractivity contribution in [1.82, 2.24) is 9.88 Å². The molecule has 1 aliphatic heterocycles. The molecule has 0 bridgehead atoms. The van der Waals surface area contributed by atoms with E-state index in [1.165, 1.54) is 23.1 Å². The quantitative estimate of drug-likeness (QED) is 0.525. The maximum Gasteiger partial charge on any atom is 0.267 e. The molecule has 0 saturated carbocycles. The van der Waals surface area contributed by atoms with Crippen molar-refractivity contribution in [1.29, 1.82) is 0 Å². The van der Waals surface area contributed by atoms with Crippen LogP contribution in [0.4, 0.5) is 5.13 Å². The molecule has 24 heavy (non-hydrogen) atoms. The third kappa shape index (κ3) is 3.72. The molecular formula is C16H11Cl2N3OS2. The lowest BCUT2D eigenvalue weighted by molar-refractivity contribution is -0.121. The number of rotatable bonds is 4. The van der Waals surface area contributed by atoms with Crippen LogP contribution >= 0.6 is 46.3 Å². The first-order valence-electron chi connectivity index (χ1n) is 6.84. The Morgan fingerprint density at radius 1 is 1.38 bits per heavy atom. The number of hydrogen-bond donors (Lipinski definition) is 0. The summed E-state index contributed by atoms with van der Waals surface area (Å²) in [6, 6.07) is 5.15. The van der Waals surface area contributed by atoms with E-state index < -0.39 is 0 Å². The number of amides is 1. The molecule has 8 heteroatoms. The minimum absolute atomic E-state index is 0.138. The van der Waals surface area contributed by atoms with Crippen molar-refractivity contribution in [2.24, 2.45) is 4.99 Å². The van der Waals surface area contributed by atoms with E-state index in [0.717, 1.165) is 5.56 Å². The van der Waals surface area contributed by atoms with Crippen LogP contribution in [0.2, 0.25) is 10.0 Å². The molecule has 2 aromatic rings. The zero-order chi connectivity index (χ0) is 17.1. The third-order valence-electron chi connectivity index (χ3n) is 3.06. The summed E-state index contributed by atoms with van der Waals surface area (Å²) in [5, 5.41) is 4.05. The molecule has 1 aromatic heterocycles. The number of carbonyl (C=O) groups excluding carboxylic acids is 1. The van der Waals surface area contributed by atoms with Gasteiger partial charge in [-0.1, -0.05) is 35.3 Å². The maximum absolute atomic E-state index is 12.6. The van der Waals surface area contributed by atoms with E-state index in [1.807, 2.05) is 5.38 Å². The highest BCUT2D eigenvalue weighted by Crippen LogP contribution is 2.35. The minimum Gasteiger partial charge on any atom is -0.282 e. The number of carbonyl (C=O) groups is 1. The van der Waals surface area contributed by atoms with E-state index in [0.29, 0.717) is 31.8 Å². The molecule has 0 radical (unpaired) electrons. The molecule has 2 heterocycles. The van der Waals surface area contributed by atoms with Crippen molar-refractivity contribution >= 4 is 68.6 Å². The van der Waals surface area contributed by atoms with E-state index in [-0.39, 0.29) is 5.91 Å². The van der Waals surface area contributed by atoms with E-state index >= 15 is 0 Å².